The molecule has 0 aliphatic rings. The zero-order valence-corrected chi connectivity index (χ0v) is 16.8. The summed E-state index contributed by atoms with van der Waals surface area (Å²) < 4.78 is 6.96. The largest absolute Gasteiger partial charge is 0.497 e. The number of aromatic nitrogens is 1. The van der Waals surface area contributed by atoms with Crippen LogP contribution in [0.25, 0.3) is 10.9 Å². The molecule has 28 heavy (non-hydrogen) atoms. The standard InChI is InChI=1S/C20H27N3O5/c1-11(2)8-15(18(24)21-12(3)20(26)27)22-19(25)17-10-13-9-14(28-5)6-7-16(13)23(17)4/h6-7,9-12,15H,8H2,1-5H3,(H,21,24)(H,22,25)(H,26,27)/t12-,15-/m0/s1. The molecule has 0 saturated heterocycles. The van der Waals surface area contributed by atoms with Gasteiger partial charge in [-0.15, -0.1) is 0 Å². The summed E-state index contributed by atoms with van der Waals surface area (Å²) >= 11 is 0. The van der Waals surface area contributed by atoms with Gasteiger partial charge in [0.1, 0.15) is 23.5 Å². The number of methoxy groups -OCH3 is 1. The topological polar surface area (TPSA) is 110 Å². The Bertz CT molecular complexity index is 887. The van der Waals surface area contributed by atoms with E-state index in [9.17, 15) is 14.4 Å². The number of carbonyl (C=O) groups excluding carboxylic acids is 2. The van der Waals surface area contributed by atoms with E-state index >= 15 is 0 Å². The summed E-state index contributed by atoms with van der Waals surface area (Å²) in [6, 6.07) is 5.37. The summed E-state index contributed by atoms with van der Waals surface area (Å²) in [5, 5.41) is 15.0. The van der Waals surface area contributed by atoms with E-state index in [0.717, 1.165) is 10.9 Å². The van der Waals surface area contributed by atoms with Crippen molar-refractivity contribution in [2.75, 3.05) is 7.11 Å². The van der Waals surface area contributed by atoms with Crippen molar-refractivity contribution in [2.24, 2.45) is 13.0 Å². The number of carboxylic acid groups (broad SMARTS) is 1. The molecule has 3 N–H and O–H groups in total. The number of nitrogens with one attached hydrogen (secondary N) is 2. The third-order valence-electron chi connectivity index (χ3n) is 4.54. The Balaban J connectivity index is 2.25. The van der Waals surface area contributed by atoms with E-state index in [1.165, 1.54) is 6.92 Å². The van der Waals surface area contributed by atoms with Gasteiger partial charge in [0.15, 0.2) is 0 Å². The maximum absolute atomic E-state index is 12.8. The highest BCUT2D eigenvalue weighted by atomic mass is 16.5. The first-order valence-electron chi connectivity index (χ1n) is 9.11. The van der Waals surface area contributed by atoms with Gasteiger partial charge in [-0.05, 0) is 43.5 Å². The number of rotatable bonds is 8. The van der Waals surface area contributed by atoms with Crippen LogP contribution in [0.4, 0.5) is 0 Å². The van der Waals surface area contributed by atoms with Crippen molar-refractivity contribution < 1.29 is 24.2 Å². The van der Waals surface area contributed by atoms with E-state index in [-0.39, 0.29) is 5.92 Å². The summed E-state index contributed by atoms with van der Waals surface area (Å²) in [6.45, 7) is 5.23. The third-order valence-corrected chi connectivity index (χ3v) is 4.54. The molecule has 8 nitrogen and oxygen atoms in total. The monoisotopic (exact) mass is 389 g/mol. The lowest BCUT2D eigenvalue weighted by atomic mass is 10.0. The summed E-state index contributed by atoms with van der Waals surface area (Å²) in [5.74, 6) is -1.23. The van der Waals surface area contributed by atoms with Crippen LogP contribution in [-0.4, -0.2) is 46.7 Å². The van der Waals surface area contributed by atoms with Gasteiger partial charge in [-0.3, -0.25) is 14.4 Å². The second kappa shape index (κ2) is 8.77. The van der Waals surface area contributed by atoms with Crippen molar-refractivity contribution in [1.29, 1.82) is 0 Å². The fraction of sp³-hybridized carbons (Fsp3) is 0.450. The minimum atomic E-state index is -1.13. The van der Waals surface area contributed by atoms with Crippen molar-refractivity contribution in [3.63, 3.8) is 0 Å². The number of carboxylic acids is 1. The Kier molecular flexibility index (Phi) is 6.66. The van der Waals surface area contributed by atoms with Crippen molar-refractivity contribution >= 4 is 28.7 Å². The molecule has 0 radical (unpaired) electrons. The highest BCUT2D eigenvalue weighted by Gasteiger charge is 2.26. The molecule has 2 rings (SSSR count). The average Bonchev–Trinajstić information content (AvgIpc) is 2.96. The maximum Gasteiger partial charge on any atom is 0.325 e. The molecule has 1 heterocycles. The van der Waals surface area contributed by atoms with Crippen molar-refractivity contribution in [3.8, 4) is 5.75 Å². The molecule has 152 valence electrons. The van der Waals surface area contributed by atoms with Crippen LogP contribution in [0.1, 0.15) is 37.7 Å². The quantitative estimate of drug-likeness (QED) is 0.639. The summed E-state index contributed by atoms with van der Waals surface area (Å²) in [7, 11) is 3.35. The summed E-state index contributed by atoms with van der Waals surface area (Å²) in [4.78, 5) is 36.3. The van der Waals surface area contributed by atoms with Crippen LogP contribution in [0.3, 0.4) is 0 Å². The molecular weight excluding hydrogens is 362 g/mol. The summed E-state index contributed by atoms with van der Waals surface area (Å²) in [5.41, 5.74) is 1.26. The number of hydrogen-bond acceptors (Lipinski definition) is 4. The maximum atomic E-state index is 12.8. The number of amides is 2. The summed E-state index contributed by atoms with van der Waals surface area (Å²) in [6.07, 6.45) is 0.391. The lowest BCUT2D eigenvalue weighted by molar-refractivity contribution is -0.141. The van der Waals surface area contributed by atoms with E-state index < -0.39 is 29.9 Å². The van der Waals surface area contributed by atoms with Crippen LogP contribution in [0.5, 0.6) is 5.75 Å². The highest BCUT2D eigenvalue weighted by Crippen LogP contribution is 2.24. The fourth-order valence-electron chi connectivity index (χ4n) is 2.98. The van der Waals surface area contributed by atoms with E-state index in [0.29, 0.717) is 17.9 Å². The van der Waals surface area contributed by atoms with E-state index in [1.807, 2.05) is 32.0 Å². The number of hydrogen-bond donors (Lipinski definition) is 3. The van der Waals surface area contributed by atoms with Crippen molar-refractivity contribution in [1.82, 2.24) is 15.2 Å². The number of benzene rings is 1. The van der Waals surface area contributed by atoms with Gasteiger partial charge in [-0.2, -0.15) is 0 Å². The van der Waals surface area contributed by atoms with E-state index in [4.69, 9.17) is 9.84 Å². The van der Waals surface area contributed by atoms with Crippen molar-refractivity contribution in [3.05, 3.63) is 30.0 Å². The van der Waals surface area contributed by atoms with Gasteiger partial charge in [0.2, 0.25) is 5.91 Å². The van der Waals surface area contributed by atoms with Gasteiger partial charge >= 0.3 is 5.97 Å². The van der Waals surface area contributed by atoms with Crippen LogP contribution < -0.4 is 15.4 Å². The molecule has 2 amide bonds. The molecule has 1 aromatic carbocycles. The minimum Gasteiger partial charge on any atom is -0.497 e. The van der Waals surface area contributed by atoms with Crippen molar-refractivity contribution in [2.45, 2.75) is 39.3 Å². The fourth-order valence-corrected chi connectivity index (χ4v) is 2.98. The molecule has 0 bridgehead atoms. The zero-order chi connectivity index (χ0) is 21.0. The lowest BCUT2D eigenvalue weighted by Crippen LogP contribution is -2.51. The number of aliphatic carboxylic acids is 1. The van der Waals surface area contributed by atoms with Crippen LogP contribution in [-0.2, 0) is 16.6 Å². The Morgan fingerprint density at radius 1 is 1.14 bits per heavy atom. The Morgan fingerprint density at radius 2 is 1.82 bits per heavy atom. The number of aryl methyl sites for hydroxylation is 1. The molecule has 0 unspecified atom stereocenters. The number of ether oxygens (including phenoxy) is 1. The first-order valence-corrected chi connectivity index (χ1v) is 9.11. The number of fused-ring (bicyclic) bond motifs is 1. The average molecular weight is 389 g/mol. The minimum absolute atomic E-state index is 0.132. The second-order valence-electron chi connectivity index (χ2n) is 7.24. The molecule has 0 aliphatic heterocycles. The predicted octanol–water partition coefficient (Wildman–Crippen LogP) is 1.92. The second-order valence-corrected chi connectivity index (χ2v) is 7.24. The van der Waals surface area contributed by atoms with E-state index in [2.05, 4.69) is 10.6 Å². The smallest absolute Gasteiger partial charge is 0.325 e. The van der Waals surface area contributed by atoms with Crippen LogP contribution in [0, 0.1) is 5.92 Å². The molecule has 2 atom stereocenters. The van der Waals surface area contributed by atoms with Gasteiger partial charge in [0.05, 0.1) is 7.11 Å². The number of carbonyl (C=O) groups is 3. The molecule has 1 aromatic heterocycles. The Labute approximate surface area is 163 Å². The molecule has 0 fully saturated rings. The van der Waals surface area contributed by atoms with Crippen LogP contribution >= 0.6 is 0 Å². The zero-order valence-electron chi connectivity index (χ0n) is 16.8. The van der Waals surface area contributed by atoms with Gasteiger partial charge in [0, 0.05) is 18.0 Å². The normalized spacial score (nSPS) is 13.2. The van der Waals surface area contributed by atoms with Crippen LogP contribution in [0.15, 0.2) is 24.3 Å². The first-order chi connectivity index (χ1) is 13.1. The molecule has 8 heteroatoms. The van der Waals surface area contributed by atoms with Gasteiger partial charge in [-0.25, -0.2) is 0 Å². The Morgan fingerprint density at radius 3 is 2.39 bits per heavy atom. The van der Waals surface area contributed by atoms with Gasteiger partial charge < -0.3 is 25.0 Å². The molecule has 0 aliphatic carbocycles. The molecule has 0 saturated carbocycles. The Hall–Kier alpha value is -3.03. The highest BCUT2D eigenvalue weighted by molar-refractivity contribution is 6.01. The van der Waals surface area contributed by atoms with E-state index in [1.54, 1.807) is 24.8 Å². The third kappa shape index (κ3) is 4.82. The van der Waals surface area contributed by atoms with Gasteiger partial charge in [-0.1, -0.05) is 13.8 Å². The van der Waals surface area contributed by atoms with Crippen LogP contribution in [0.2, 0.25) is 0 Å². The molecular formula is C20H27N3O5. The lowest BCUT2D eigenvalue weighted by Gasteiger charge is -2.21. The molecule has 2 aromatic rings. The predicted molar refractivity (Wildman–Crippen MR) is 105 cm³/mol. The first kappa shape index (κ1) is 21.3. The number of nitrogens with zero attached hydrogens (tertiary/aromatic N) is 1. The van der Waals surface area contributed by atoms with Gasteiger partial charge in [0.25, 0.3) is 5.91 Å². The SMILES string of the molecule is COc1ccc2c(c1)cc(C(=O)N[C@@H](CC(C)C)C(=O)N[C@@H](C)C(=O)O)n2C. The molecule has 0 spiro atoms.